The highest BCUT2D eigenvalue weighted by Crippen LogP contribution is 2.21. The van der Waals surface area contributed by atoms with Crippen molar-refractivity contribution in [3.05, 3.63) is 24.3 Å². The van der Waals surface area contributed by atoms with Gasteiger partial charge in [-0.1, -0.05) is 26.3 Å². The van der Waals surface area contributed by atoms with Gasteiger partial charge in [-0.15, -0.1) is 0 Å². The van der Waals surface area contributed by atoms with Gasteiger partial charge in [-0.2, -0.15) is 0 Å². The van der Waals surface area contributed by atoms with Gasteiger partial charge in [-0.3, -0.25) is 4.79 Å². The van der Waals surface area contributed by atoms with Gasteiger partial charge in [-0.05, 0) is 25.0 Å². The molecule has 18 heavy (non-hydrogen) atoms. The molecule has 0 aliphatic carbocycles. The Kier molecular flexibility index (Phi) is 5.16. The summed E-state index contributed by atoms with van der Waals surface area (Å²) in [5, 5.41) is 9.46. The normalized spacial score (nSPS) is 14.0. The predicted molar refractivity (Wildman–Crippen MR) is 73.6 cm³/mol. The number of carbonyl (C=O) groups is 1. The number of phenolic OH excluding ortho intramolecular Hbond substituents is 1. The van der Waals surface area contributed by atoms with Crippen LogP contribution in [0.3, 0.4) is 0 Å². The molecule has 0 aliphatic heterocycles. The maximum atomic E-state index is 12.3. The molecule has 0 fully saturated rings. The van der Waals surface area contributed by atoms with Crippen LogP contribution in [0.5, 0.6) is 5.75 Å². The van der Waals surface area contributed by atoms with Crippen LogP contribution < -0.4 is 10.6 Å². The number of nitrogens with two attached hydrogens (primary N) is 1. The first-order valence-corrected chi connectivity index (χ1v) is 6.37. The van der Waals surface area contributed by atoms with Gasteiger partial charge < -0.3 is 15.7 Å². The minimum Gasteiger partial charge on any atom is -0.508 e. The van der Waals surface area contributed by atoms with E-state index in [-0.39, 0.29) is 17.6 Å². The molecule has 1 aromatic carbocycles. The highest BCUT2D eigenvalue weighted by Gasteiger charge is 2.25. The van der Waals surface area contributed by atoms with Crippen LogP contribution in [0.2, 0.25) is 0 Å². The Labute approximate surface area is 108 Å². The second-order valence-corrected chi connectivity index (χ2v) is 4.51. The molecule has 4 nitrogen and oxygen atoms in total. The van der Waals surface area contributed by atoms with Gasteiger partial charge in [0, 0.05) is 18.3 Å². The summed E-state index contributed by atoms with van der Waals surface area (Å²) in [5.41, 5.74) is 6.65. The molecule has 0 bridgehead atoms. The van der Waals surface area contributed by atoms with Gasteiger partial charge in [-0.25, -0.2) is 0 Å². The first kappa shape index (κ1) is 14.5. The van der Waals surface area contributed by atoms with Crippen molar-refractivity contribution in [2.24, 2.45) is 11.7 Å². The van der Waals surface area contributed by atoms with E-state index in [1.54, 1.807) is 29.2 Å². The number of anilines is 1. The Morgan fingerprint density at radius 1 is 1.44 bits per heavy atom. The third-order valence-corrected chi connectivity index (χ3v) is 3.27. The lowest BCUT2D eigenvalue weighted by atomic mass is 9.98. The van der Waals surface area contributed by atoms with Crippen LogP contribution in [0, 0.1) is 5.92 Å². The number of aromatic hydroxyl groups is 1. The lowest BCUT2D eigenvalue weighted by Crippen LogP contribution is -2.47. The van der Waals surface area contributed by atoms with Gasteiger partial charge in [0.2, 0.25) is 5.91 Å². The summed E-state index contributed by atoms with van der Waals surface area (Å²) in [6.07, 6.45) is 0.866. The number of benzene rings is 1. The summed E-state index contributed by atoms with van der Waals surface area (Å²) in [6, 6.07) is 6.17. The molecule has 0 saturated heterocycles. The Morgan fingerprint density at radius 2 is 2.11 bits per heavy atom. The second kappa shape index (κ2) is 6.40. The molecule has 1 rings (SSSR count). The average Bonchev–Trinajstić information content (AvgIpc) is 2.37. The molecule has 100 valence electrons. The van der Waals surface area contributed by atoms with Crippen LogP contribution in [-0.2, 0) is 4.79 Å². The molecule has 2 atom stereocenters. The molecular weight excluding hydrogens is 228 g/mol. The lowest BCUT2D eigenvalue weighted by Gasteiger charge is -2.27. The fraction of sp³-hybridized carbons (Fsp3) is 0.500. The molecule has 1 amide bonds. The van der Waals surface area contributed by atoms with Crippen molar-refractivity contribution in [1.29, 1.82) is 0 Å². The molecule has 2 unspecified atom stereocenters. The highest BCUT2D eigenvalue weighted by atomic mass is 16.3. The van der Waals surface area contributed by atoms with E-state index in [1.807, 2.05) is 20.8 Å². The minimum atomic E-state index is -0.503. The van der Waals surface area contributed by atoms with Gasteiger partial charge >= 0.3 is 0 Å². The molecule has 4 heteroatoms. The largest absolute Gasteiger partial charge is 0.508 e. The number of hydrogen-bond acceptors (Lipinski definition) is 3. The SMILES string of the molecule is CCC(C)C(N)C(=O)N(CC)c1cccc(O)c1. The van der Waals surface area contributed by atoms with Gasteiger partial charge in [0.1, 0.15) is 5.75 Å². The standard InChI is InChI=1S/C14H22N2O2/c1-4-10(3)13(15)14(18)16(5-2)11-7-6-8-12(17)9-11/h6-10,13,17H,4-5,15H2,1-3H3. The highest BCUT2D eigenvalue weighted by molar-refractivity contribution is 5.97. The Morgan fingerprint density at radius 3 is 2.61 bits per heavy atom. The predicted octanol–water partition coefficient (Wildman–Crippen LogP) is 2.12. The molecule has 0 radical (unpaired) electrons. The maximum absolute atomic E-state index is 12.3. The van der Waals surface area contributed by atoms with Crippen LogP contribution in [-0.4, -0.2) is 23.6 Å². The maximum Gasteiger partial charge on any atom is 0.244 e. The van der Waals surface area contributed by atoms with E-state index < -0.39 is 6.04 Å². The first-order valence-electron chi connectivity index (χ1n) is 6.37. The minimum absolute atomic E-state index is 0.0996. The summed E-state index contributed by atoms with van der Waals surface area (Å²) < 4.78 is 0. The lowest BCUT2D eigenvalue weighted by molar-refractivity contribution is -0.120. The molecule has 0 aromatic heterocycles. The fourth-order valence-corrected chi connectivity index (χ4v) is 1.80. The Balaban J connectivity index is 2.93. The van der Waals surface area contributed by atoms with Crippen molar-refractivity contribution in [3.8, 4) is 5.75 Å². The van der Waals surface area contributed by atoms with Gasteiger partial charge in [0.05, 0.1) is 6.04 Å². The molecular formula is C14H22N2O2. The number of likely N-dealkylation sites (N-methyl/N-ethyl adjacent to an activating group) is 1. The van der Waals surface area contributed by atoms with E-state index in [1.165, 1.54) is 0 Å². The number of hydrogen-bond donors (Lipinski definition) is 2. The summed E-state index contributed by atoms with van der Waals surface area (Å²) in [6.45, 7) is 6.42. The Bertz CT molecular complexity index is 407. The fourth-order valence-electron chi connectivity index (χ4n) is 1.80. The summed E-state index contributed by atoms with van der Waals surface area (Å²) in [5.74, 6) is 0.192. The van der Waals surface area contributed by atoms with Crippen LogP contribution in [0.25, 0.3) is 0 Å². The van der Waals surface area contributed by atoms with Crippen molar-refractivity contribution in [2.45, 2.75) is 33.2 Å². The van der Waals surface area contributed by atoms with Crippen molar-refractivity contribution in [2.75, 3.05) is 11.4 Å². The second-order valence-electron chi connectivity index (χ2n) is 4.51. The molecule has 0 heterocycles. The van der Waals surface area contributed by atoms with E-state index in [9.17, 15) is 9.90 Å². The smallest absolute Gasteiger partial charge is 0.244 e. The van der Waals surface area contributed by atoms with E-state index >= 15 is 0 Å². The quantitative estimate of drug-likeness (QED) is 0.841. The zero-order valence-corrected chi connectivity index (χ0v) is 11.3. The van der Waals surface area contributed by atoms with Gasteiger partial charge in [0.25, 0.3) is 0 Å². The van der Waals surface area contributed by atoms with Crippen LogP contribution in [0.15, 0.2) is 24.3 Å². The third kappa shape index (κ3) is 3.23. The topological polar surface area (TPSA) is 66.6 Å². The molecule has 0 spiro atoms. The van der Waals surface area contributed by atoms with E-state index in [0.29, 0.717) is 12.2 Å². The zero-order valence-electron chi connectivity index (χ0n) is 11.3. The first-order chi connectivity index (χ1) is 8.51. The van der Waals surface area contributed by atoms with Crippen molar-refractivity contribution in [1.82, 2.24) is 0 Å². The van der Waals surface area contributed by atoms with Crippen molar-refractivity contribution < 1.29 is 9.90 Å². The van der Waals surface area contributed by atoms with Gasteiger partial charge in [0.15, 0.2) is 0 Å². The number of carbonyl (C=O) groups excluding carboxylic acids is 1. The summed E-state index contributed by atoms with van der Waals surface area (Å²) in [7, 11) is 0. The molecule has 1 aromatic rings. The molecule has 0 aliphatic rings. The monoisotopic (exact) mass is 250 g/mol. The average molecular weight is 250 g/mol. The zero-order chi connectivity index (χ0) is 13.7. The van der Waals surface area contributed by atoms with Crippen molar-refractivity contribution >= 4 is 11.6 Å². The van der Waals surface area contributed by atoms with E-state index in [2.05, 4.69) is 0 Å². The number of phenols is 1. The summed E-state index contributed by atoms with van der Waals surface area (Å²) in [4.78, 5) is 13.9. The number of amides is 1. The van der Waals surface area contributed by atoms with Crippen molar-refractivity contribution in [3.63, 3.8) is 0 Å². The summed E-state index contributed by atoms with van der Waals surface area (Å²) >= 11 is 0. The van der Waals surface area contributed by atoms with Crippen LogP contribution >= 0.6 is 0 Å². The third-order valence-electron chi connectivity index (χ3n) is 3.27. The van der Waals surface area contributed by atoms with Crippen LogP contribution in [0.4, 0.5) is 5.69 Å². The molecule has 0 saturated carbocycles. The number of rotatable bonds is 5. The van der Waals surface area contributed by atoms with E-state index in [4.69, 9.17) is 5.73 Å². The van der Waals surface area contributed by atoms with E-state index in [0.717, 1.165) is 6.42 Å². The van der Waals surface area contributed by atoms with Crippen LogP contribution in [0.1, 0.15) is 27.2 Å². The molecule has 3 N–H and O–H groups in total. The Hall–Kier alpha value is -1.55. The number of nitrogens with zero attached hydrogens (tertiary/aromatic N) is 1.